The third-order valence-corrected chi connectivity index (χ3v) is 2.69. The van der Waals surface area contributed by atoms with Crippen LogP contribution in [0, 0.1) is 0 Å². The molecule has 13 heavy (non-hydrogen) atoms. The van der Waals surface area contributed by atoms with Crippen molar-refractivity contribution in [2.24, 2.45) is 5.73 Å². The van der Waals surface area contributed by atoms with Gasteiger partial charge >= 0.3 is 0 Å². The number of aromatic nitrogens is 1. The van der Waals surface area contributed by atoms with E-state index in [0.29, 0.717) is 9.48 Å². The van der Waals surface area contributed by atoms with E-state index in [4.69, 9.17) is 5.73 Å². The van der Waals surface area contributed by atoms with E-state index in [1.165, 1.54) is 11.3 Å². The molecule has 0 spiro atoms. The fourth-order valence-electron chi connectivity index (χ4n) is 0.557. The predicted molar refractivity (Wildman–Crippen MR) is 57.2 cm³/mol. The normalized spacial score (nSPS) is 9.31. The van der Waals surface area contributed by atoms with Gasteiger partial charge in [0.15, 0.2) is 10.8 Å². The van der Waals surface area contributed by atoms with Gasteiger partial charge in [0.25, 0.3) is 5.91 Å². The standard InChI is InChI=1S/C5H5BrN4OS2/c6-3-2(8-1-13-3)4(11)9-10-5(7)12/h1H,(H,9,11)(H3,7,10,12). The van der Waals surface area contributed by atoms with E-state index in [9.17, 15) is 4.79 Å². The Kier molecular flexibility index (Phi) is 3.58. The molecule has 0 aromatic carbocycles. The summed E-state index contributed by atoms with van der Waals surface area (Å²) in [5.41, 5.74) is 11.6. The van der Waals surface area contributed by atoms with Crippen LogP contribution in [-0.2, 0) is 0 Å². The van der Waals surface area contributed by atoms with Gasteiger partial charge in [0.2, 0.25) is 0 Å². The van der Waals surface area contributed by atoms with Crippen LogP contribution in [0.4, 0.5) is 0 Å². The zero-order valence-electron chi connectivity index (χ0n) is 6.20. The molecule has 0 unspecified atom stereocenters. The molecule has 0 saturated carbocycles. The minimum atomic E-state index is -0.388. The number of nitrogens with one attached hydrogen (secondary N) is 2. The first-order chi connectivity index (χ1) is 6.11. The summed E-state index contributed by atoms with van der Waals surface area (Å²) in [5, 5.41) is -0.000276. The molecular weight excluding hydrogens is 276 g/mol. The highest BCUT2D eigenvalue weighted by atomic mass is 79.9. The maximum atomic E-state index is 11.3. The smallest absolute Gasteiger partial charge is 0.290 e. The maximum Gasteiger partial charge on any atom is 0.290 e. The molecule has 1 amide bonds. The van der Waals surface area contributed by atoms with Gasteiger partial charge in [-0.25, -0.2) is 4.98 Å². The van der Waals surface area contributed by atoms with Gasteiger partial charge in [-0.15, -0.1) is 11.3 Å². The van der Waals surface area contributed by atoms with Gasteiger partial charge in [0.1, 0.15) is 3.79 Å². The highest BCUT2D eigenvalue weighted by Crippen LogP contribution is 2.19. The quantitative estimate of drug-likeness (QED) is 0.512. The topological polar surface area (TPSA) is 80.0 Å². The fourth-order valence-corrected chi connectivity index (χ4v) is 1.65. The van der Waals surface area contributed by atoms with Gasteiger partial charge in [0.05, 0.1) is 5.51 Å². The molecular formula is C5H5BrN4OS2. The zero-order chi connectivity index (χ0) is 9.84. The molecule has 1 rings (SSSR count). The summed E-state index contributed by atoms with van der Waals surface area (Å²) in [7, 11) is 0. The first-order valence-corrected chi connectivity index (χ1v) is 5.14. The number of hydrogen-bond acceptors (Lipinski definition) is 4. The van der Waals surface area contributed by atoms with Gasteiger partial charge in [-0.3, -0.25) is 15.6 Å². The fraction of sp³-hybridized carbons (Fsp3) is 0. The van der Waals surface area contributed by atoms with Crippen molar-refractivity contribution in [3.63, 3.8) is 0 Å². The number of thiocarbonyl (C=S) groups is 1. The molecule has 1 aromatic heterocycles. The van der Waals surface area contributed by atoms with Crippen LogP contribution in [0.2, 0.25) is 0 Å². The number of amides is 1. The second-order valence-electron chi connectivity index (χ2n) is 1.92. The summed E-state index contributed by atoms with van der Waals surface area (Å²) in [4.78, 5) is 15.1. The predicted octanol–water partition coefficient (Wildman–Crippen LogP) is 0.384. The molecule has 0 atom stereocenters. The molecule has 1 heterocycles. The van der Waals surface area contributed by atoms with Crippen molar-refractivity contribution in [3.05, 3.63) is 15.0 Å². The second kappa shape index (κ2) is 4.49. The Balaban J connectivity index is 2.59. The van der Waals surface area contributed by atoms with E-state index in [2.05, 4.69) is 44.0 Å². The maximum absolute atomic E-state index is 11.3. The number of nitrogens with two attached hydrogens (primary N) is 1. The van der Waals surface area contributed by atoms with Crippen molar-refractivity contribution >= 4 is 50.5 Å². The van der Waals surface area contributed by atoms with Gasteiger partial charge in [0, 0.05) is 0 Å². The minimum absolute atomic E-state index is 0.000276. The lowest BCUT2D eigenvalue weighted by Gasteiger charge is -2.03. The van der Waals surface area contributed by atoms with Crippen LogP contribution in [0.15, 0.2) is 9.30 Å². The molecule has 70 valence electrons. The summed E-state index contributed by atoms with van der Waals surface area (Å²) < 4.78 is 0.662. The molecule has 0 saturated heterocycles. The molecule has 0 fully saturated rings. The lowest BCUT2D eigenvalue weighted by atomic mass is 10.5. The highest BCUT2D eigenvalue weighted by Gasteiger charge is 2.12. The van der Waals surface area contributed by atoms with E-state index in [1.54, 1.807) is 5.51 Å². The summed E-state index contributed by atoms with van der Waals surface area (Å²) in [6.45, 7) is 0. The monoisotopic (exact) mass is 280 g/mol. The molecule has 1 aromatic rings. The number of hydrazine groups is 1. The molecule has 0 bridgehead atoms. The average molecular weight is 281 g/mol. The van der Waals surface area contributed by atoms with Crippen LogP contribution in [0.1, 0.15) is 10.5 Å². The van der Waals surface area contributed by atoms with Crippen molar-refractivity contribution < 1.29 is 4.79 Å². The number of halogens is 1. The number of hydrogen-bond donors (Lipinski definition) is 3. The molecule has 4 N–H and O–H groups in total. The first-order valence-electron chi connectivity index (χ1n) is 3.06. The number of carbonyl (C=O) groups excluding carboxylic acids is 1. The third kappa shape index (κ3) is 2.90. The second-order valence-corrected chi connectivity index (χ2v) is 4.53. The van der Waals surface area contributed by atoms with Crippen molar-refractivity contribution in [1.29, 1.82) is 0 Å². The van der Waals surface area contributed by atoms with Crippen LogP contribution in [0.3, 0.4) is 0 Å². The number of rotatable bonds is 1. The van der Waals surface area contributed by atoms with E-state index in [0.717, 1.165) is 0 Å². The van der Waals surface area contributed by atoms with Crippen LogP contribution < -0.4 is 16.6 Å². The Labute approximate surface area is 91.8 Å². The molecule has 8 heteroatoms. The Hall–Kier alpha value is -0.730. The Bertz CT molecular complexity index is 339. The lowest BCUT2D eigenvalue weighted by molar-refractivity contribution is 0.0939. The van der Waals surface area contributed by atoms with Crippen LogP contribution in [-0.4, -0.2) is 16.0 Å². The average Bonchev–Trinajstić information content (AvgIpc) is 2.47. The first kappa shape index (κ1) is 10.4. The number of carbonyl (C=O) groups is 1. The van der Waals surface area contributed by atoms with Gasteiger partial charge in [-0.2, -0.15) is 0 Å². The van der Waals surface area contributed by atoms with Crippen molar-refractivity contribution in [1.82, 2.24) is 15.8 Å². The van der Waals surface area contributed by atoms with Gasteiger partial charge in [-0.1, -0.05) is 0 Å². The van der Waals surface area contributed by atoms with Crippen molar-refractivity contribution in [3.8, 4) is 0 Å². The van der Waals surface area contributed by atoms with E-state index in [-0.39, 0.29) is 11.0 Å². The molecule has 0 aliphatic carbocycles. The minimum Gasteiger partial charge on any atom is -0.375 e. The summed E-state index contributed by atoms with van der Waals surface area (Å²) in [6, 6.07) is 0. The number of thiazole rings is 1. The Morgan fingerprint density at radius 1 is 1.69 bits per heavy atom. The molecule has 0 radical (unpaired) electrons. The molecule has 0 aliphatic heterocycles. The Morgan fingerprint density at radius 3 is 2.85 bits per heavy atom. The van der Waals surface area contributed by atoms with Crippen molar-refractivity contribution in [2.45, 2.75) is 0 Å². The van der Waals surface area contributed by atoms with Crippen LogP contribution in [0.25, 0.3) is 0 Å². The number of nitrogens with zero attached hydrogens (tertiary/aromatic N) is 1. The summed E-state index contributed by atoms with van der Waals surface area (Å²) >= 11 is 9.00. The van der Waals surface area contributed by atoms with E-state index < -0.39 is 0 Å². The summed E-state index contributed by atoms with van der Waals surface area (Å²) in [6.07, 6.45) is 0. The summed E-state index contributed by atoms with van der Waals surface area (Å²) in [5.74, 6) is -0.388. The Morgan fingerprint density at radius 2 is 2.38 bits per heavy atom. The van der Waals surface area contributed by atoms with Crippen LogP contribution in [0.5, 0.6) is 0 Å². The highest BCUT2D eigenvalue weighted by molar-refractivity contribution is 9.11. The van der Waals surface area contributed by atoms with Crippen molar-refractivity contribution in [2.75, 3.05) is 0 Å². The SMILES string of the molecule is NC(=S)NNC(=O)c1ncsc1Br. The largest absolute Gasteiger partial charge is 0.375 e. The van der Waals surface area contributed by atoms with Crippen LogP contribution >= 0.6 is 39.5 Å². The van der Waals surface area contributed by atoms with E-state index >= 15 is 0 Å². The zero-order valence-corrected chi connectivity index (χ0v) is 9.42. The van der Waals surface area contributed by atoms with Gasteiger partial charge in [-0.05, 0) is 28.1 Å². The van der Waals surface area contributed by atoms with E-state index in [1.807, 2.05) is 0 Å². The lowest BCUT2D eigenvalue weighted by Crippen LogP contribution is -2.44. The molecule has 0 aliphatic rings. The molecule has 5 nitrogen and oxygen atoms in total. The van der Waals surface area contributed by atoms with Gasteiger partial charge < -0.3 is 5.73 Å². The third-order valence-electron chi connectivity index (χ3n) is 1.04.